The number of rotatable bonds is 4. The monoisotopic (exact) mass is 257 g/mol. The number of hydrogen-bond acceptors (Lipinski definition) is 6. The number of likely N-dealkylation sites (N-methyl/N-ethyl adjacent to an activating group) is 1. The first kappa shape index (κ1) is 13.2. The van der Waals surface area contributed by atoms with E-state index in [2.05, 4.69) is 15.0 Å². The summed E-state index contributed by atoms with van der Waals surface area (Å²) in [4.78, 5) is 24.4. The van der Waals surface area contributed by atoms with Crippen molar-refractivity contribution in [3.05, 3.63) is 5.56 Å². The van der Waals surface area contributed by atoms with Crippen LogP contribution in [0.2, 0.25) is 0 Å². The lowest BCUT2D eigenvalue weighted by atomic mass is 10.3. The van der Waals surface area contributed by atoms with E-state index in [1.54, 1.807) is 14.1 Å². The molecule has 0 aliphatic heterocycles. The summed E-state index contributed by atoms with van der Waals surface area (Å²) in [6.45, 7) is 0.0959. The predicted octanol–water partition coefficient (Wildman–Crippen LogP) is -0.415. The summed E-state index contributed by atoms with van der Waals surface area (Å²) in [6, 6.07) is 0. The molecule has 8 heteroatoms. The van der Waals surface area contributed by atoms with Crippen molar-refractivity contribution >= 4 is 34.2 Å². The minimum atomic E-state index is -0.323. The second-order valence-electron chi connectivity index (χ2n) is 3.49. The molecule has 0 aromatic carbocycles. The van der Waals surface area contributed by atoms with Gasteiger partial charge in [0.25, 0.3) is 5.91 Å². The molecule has 1 aromatic heterocycles. The Morgan fingerprint density at radius 1 is 1.47 bits per heavy atom. The molecule has 0 aliphatic rings. The van der Waals surface area contributed by atoms with Gasteiger partial charge in [-0.1, -0.05) is 0 Å². The molecule has 0 fully saturated rings. The van der Waals surface area contributed by atoms with Crippen LogP contribution in [0.4, 0.5) is 10.8 Å². The van der Waals surface area contributed by atoms with Crippen molar-refractivity contribution in [3.63, 3.8) is 0 Å². The van der Waals surface area contributed by atoms with Gasteiger partial charge in [0, 0.05) is 21.1 Å². The predicted molar refractivity (Wildman–Crippen MR) is 67.1 cm³/mol. The lowest BCUT2D eigenvalue weighted by Gasteiger charge is -2.11. The molecule has 0 spiro atoms. The Morgan fingerprint density at radius 2 is 2.12 bits per heavy atom. The molecule has 1 aromatic rings. The zero-order chi connectivity index (χ0) is 13.0. The molecule has 0 saturated heterocycles. The van der Waals surface area contributed by atoms with Gasteiger partial charge in [0.05, 0.1) is 6.54 Å². The molecular formula is C9H15N5O2S. The first-order valence-electron chi connectivity index (χ1n) is 4.88. The van der Waals surface area contributed by atoms with Gasteiger partial charge in [-0.05, 0) is 11.5 Å². The summed E-state index contributed by atoms with van der Waals surface area (Å²) in [6.07, 6.45) is 0. The molecular weight excluding hydrogens is 242 g/mol. The van der Waals surface area contributed by atoms with E-state index < -0.39 is 0 Å². The van der Waals surface area contributed by atoms with Crippen LogP contribution in [-0.2, 0) is 4.79 Å². The zero-order valence-corrected chi connectivity index (χ0v) is 10.7. The van der Waals surface area contributed by atoms with Crippen LogP contribution in [-0.4, -0.2) is 48.8 Å². The molecule has 0 bridgehead atoms. The first-order chi connectivity index (χ1) is 7.97. The van der Waals surface area contributed by atoms with Crippen LogP contribution in [0.5, 0.6) is 0 Å². The molecule has 17 heavy (non-hydrogen) atoms. The average Bonchev–Trinajstić information content (AvgIpc) is 2.66. The van der Waals surface area contributed by atoms with Crippen LogP contribution >= 0.6 is 11.5 Å². The van der Waals surface area contributed by atoms with Gasteiger partial charge in [0.15, 0.2) is 5.82 Å². The highest BCUT2D eigenvalue weighted by Gasteiger charge is 2.18. The van der Waals surface area contributed by atoms with Crippen LogP contribution in [0.1, 0.15) is 10.4 Å². The number of carbonyl (C=O) groups is 2. The molecule has 0 radical (unpaired) electrons. The van der Waals surface area contributed by atoms with E-state index >= 15 is 0 Å². The Morgan fingerprint density at radius 3 is 2.65 bits per heavy atom. The van der Waals surface area contributed by atoms with Crippen molar-refractivity contribution in [1.29, 1.82) is 0 Å². The van der Waals surface area contributed by atoms with Gasteiger partial charge in [-0.15, -0.1) is 0 Å². The minimum Gasteiger partial charge on any atom is -0.382 e. The Kier molecular flexibility index (Phi) is 4.27. The minimum absolute atomic E-state index is 0.0959. The molecule has 94 valence electrons. The maximum absolute atomic E-state index is 11.5. The molecule has 1 heterocycles. The zero-order valence-electron chi connectivity index (χ0n) is 9.90. The number of aromatic nitrogens is 1. The third-order valence-corrected chi connectivity index (χ3v) is 2.89. The van der Waals surface area contributed by atoms with E-state index in [1.165, 1.54) is 11.9 Å². The lowest BCUT2D eigenvalue weighted by Crippen LogP contribution is -2.29. The molecule has 0 aliphatic carbocycles. The van der Waals surface area contributed by atoms with Crippen molar-refractivity contribution in [1.82, 2.24) is 14.6 Å². The fraction of sp³-hybridized carbons (Fsp3) is 0.444. The molecule has 7 nitrogen and oxygen atoms in total. The van der Waals surface area contributed by atoms with Crippen LogP contribution < -0.4 is 16.4 Å². The lowest BCUT2D eigenvalue weighted by molar-refractivity contribution is -0.126. The van der Waals surface area contributed by atoms with Crippen molar-refractivity contribution in [2.45, 2.75) is 0 Å². The average molecular weight is 257 g/mol. The summed E-state index contributed by atoms with van der Waals surface area (Å²) in [5, 5.41) is 5.82. The van der Waals surface area contributed by atoms with Gasteiger partial charge in [-0.25, -0.2) is 0 Å². The van der Waals surface area contributed by atoms with Crippen molar-refractivity contribution in [2.24, 2.45) is 0 Å². The second-order valence-corrected chi connectivity index (χ2v) is 4.27. The molecule has 4 N–H and O–H groups in total. The maximum atomic E-state index is 11.5. The number of amides is 2. The van der Waals surface area contributed by atoms with Gasteiger partial charge in [-0.2, -0.15) is 4.37 Å². The fourth-order valence-corrected chi connectivity index (χ4v) is 1.79. The summed E-state index contributed by atoms with van der Waals surface area (Å²) >= 11 is 1.06. The number of nitrogen functional groups attached to an aromatic ring is 1. The van der Waals surface area contributed by atoms with Crippen molar-refractivity contribution < 1.29 is 9.59 Å². The van der Waals surface area contributed by atoms with Crippen LogP contribution in [0.25, 0.3) is 0 Å². The molecule has 0 atom stereocenters. The normalized spacial score (nSPS) is 9.82. The van der Waals surface area contributed by atoms with E-state index in [0.29, 0.717) is 5.00 Å². The third kappa shape index (κ3) is 3.06. The van der Waals surface area contributed by atoms with Crippen LogP contribution in [0.3, 0.4) is 0 Å². The van der Waals surface area contributed by atoms with Crippen LogP contribution in [0, 0.1) is 0 Å². The number of anilines is 2. The smallest absolute Gasteiger partial charge is 0.257 e. The number of nitrogens with one attached hydrogen (secondary N) is 2. The second kappa shape index (κ2) is 5.48. The summed E-state index contributed by atoms with van der Waals surface area (Å²) in [5.41, 5.74) is 5.87. The Bertz CT molecular complexity index is 429. The van der Waals surface area contributed by atoms with E-state index in [0.717, 1.165) is 11.5 Å². The third-order valence-electron chi connectivity index (χ3n) is 2.07. The number of carbonyl (C=O) groups excluding carboxylic acids is 2. The summed E-state index contributed by atoms with van der Waals surface area (Å²) in [7, 11) is 4.82. The Balaban J connectivity index is 2.78. The highest BCUT2D eigenvalue weighted by Crippen LogP contribution is 2.26. The van der Waals surface area contributed by atoms with Crippen molar-refractivity contribution in [2.75, 3.05) is 38.7 Å². The largest absolute Gasteiger partial charge is 0.382 e. The topological polar surface area (TPSA) is 100 Å². The molecule has 1 rings (SSSR count). The fourth-order valence-electron chi connectivity index (χ4n) is 1.08. The molecule has 0 unspecified atom stereocenters. The first-order valence-corrected chi connectivity index (χ1v) is 5.66. The number of nitrogens with zero attached hydrogens (tertiary/aromatic N) is 2. The van der Waals surface area contributed by atoms with Gasteiger partial charge in [0.2, 0.25) is 5.91 Å². The van der Waals surface area contributed by atoms with Gasteiger partial charge in [0.1, 0.15) is 10.6 Å². The standard InChI is InChI=1S/C9H15N5O2S/c1-11-8(16)6-7(10)13-17-9(6)12-4-5(15)14(2)3/h12H,4H2,1-3H3,(H2,10,13)(H,11,16). The summed E-state index contributed by atoms with van der Waals surface area (Å²) < 4.78 is 3.88. The number of nitrogens with two attached hydrogens (primary N) is 1. The maximum Gasteiger partial charge on any atom is 0.257 e. The van der Waals surface area contributed by atoms with E-state index in [-0.39, 0.29) is 29.7 Å². The van der Waals surface area contributed by atoms with Gasteiger partial charge < -0.3 is 21.3 Å². The van der Waals surface area contributed by atoms with Crippen LogP contribution in [0.15, 0.2) is 0 Å². The van der Waals surface area contributed by atoms with Gasteiger partial charge >= 0.3 is 0 Å². The van der Waals surface area contributed by atoms with Gasteiger partial charge in [-0.3, -0.25) is 9.59 Å². The van der Waals surface area contributed by atoms with E-state index in [1.807, 2.05) is 0 Å². The SMILES string of the molecule is CNC(=O)c1c(N)nsc1NCC(=O)N(C)C. The highest BCUT2D eigenvalue weighted by atomic mass is 32.1. The quantitative estimate of drug-likeness (QED) is 0.680. The van der Waals surface area contributed by atoms with Crippen molar-refractivity contribution in [3.8, 4) is 0 Å². The molecule has 0 saturated carbocycles. The Labute approximate surface area is 103 Å². The van der Waals surface area contributed by atoms with E-state index in [9.17, 15) is 9.59 Å². The summed E-state index contributed by atoms with van der Waals surface area (Å²) in [5.74, 6) is -0.259. The molecule has 2 amide bonds. The number of hydrogen-bond donors (Lipinski definition) is 3. The Hall–Kier alpha value is -1.83. The van der Waals surface area contributed by atoms with E-state index in [4.69, 9.17) is 5.73 Å². The highest BCUT2D eigenvalue weighted by molar-refractivity contribution is 7.11.